The van der Waals surface area contributed by atoms with Gasteiger partial charge in [0.1, 0.15) is 5.75 Å². The molecule has 0 unspecified atom stereocenters. The smallest absolute Gasteiger partial charge is 0.243 e. The Balaban J connectivity index is 2.60. The highest BCUT2D eigenvalue weighted by molar-refractivity contribution is 5.91. The van der Waals surface area contributed by atoms with Crippen LogP contribution >= 0.6 is 0 Å². The molecule has 0 saturated carbocycles. The van der Waals surface area contributed by atoms with Crippen LogP contribution in [0, 0.1) is 0 Å². The van der Waals surface area contributed by atoms with Gasteiger partial charge in [-0.3, -0.25) is 4.79 Å². The normalized spacial score (nSPS) is 10.3. The molecule has 1 aromatic rings. The van der Waals surface area contributed by atoms with Gasteiger partial charge < -0.3 is 10.1 Å². The molecular weight excluding hydrogens is 190 g/mol. The van der Waals surface area contributed by atoms with Crippen LogP contribution in [0.5, 0.6) is 5.75 Å². The summed E-state index contributed by atoms with van der Waals surface area (Å²) in [6.07, 6.45) is 3.29. The zero-order chi connectivity index (χ0) is 11.1. The lowest BCUT2D eigenvalue weighted by Crippen LogP contribution is -2.19. The second-order valence-electron chi connectivity index (χ2n) is 3.00. The highest BCUT2D eigenvalue weighted by Crippen LogP contribution is 2.11. The molecule has 0 saturated heterocycles. The summed E-state index contributed by atoms with van der Waals surface area (Å²) in [6.45, 7) is 2.53. The Labute approximate surface area is 89.8 Å². The summed E-state index contributed by atoms with van der Waals surface area (Å²) in [4.78, 5) is 11.1. The molecular formula is C12H15NO2. The van der Waals surface area contributed by atoms with Gasteiger partial charge in [0.05, 0.1) is 7.11 Å². The molecule has 0 aromatic heterocycles. The van der Waals surface area contributed by atoms with Gasteiger partial charge in [-0.1, -0.05) is 12.1 Å². The first-order valence-corrected chi connectivity index (χ1v) is 4.86. The summed E-state index contributed by atoms with van der Waals surface area (Å²) in [5.41, 5.74) is 0.974. The fourth-order valence-corrected chi connectivity index (χ4v) is 1.12. The van der Waals surface area contributed by atoms with E-state index in [-0.39, 0.29) is 5.91 Å². The molecule has 3 heteroatoms. The van der Waals surface area contributed by atoms with E-state index >= 15 is 0 Å². The van der Waals surface area contributed by atoms with Gasteiger partial charge in [-0.05, 0) is 30.7 Å². The third kappa shape index (κ3) is 3.85. The van der Waals surface area contributed by atoms with Gasteiger partial charge in [0.25, 0.3) is 0 Å². The van der Waals surface area contributed by atoms with E-state index in [9.17, 15) is 4.79 Å². The Morgan fingerprint density at radius 2 is 2.07 bits per heavy atom. The third-order valence-corrected chi connectivity index (χ3v) is 1.89. The van der Waals surface area contributed by atoms with Crippen molar-refractivity contribution >= 4 is 12.0 Å². The zero-order valence-corrected chi connectivity index (χ0v) is 8.99. The summed E-state index contributed by atoms with van der Waals surface area (Å²) >= 11 is 0. The molecule has 3 nitrogen and oxygen atoms in total. The quantitative estimate of drug-likeness (QED) is 0.762. The predicted octanol–water partition coefficient (Wildman–Crippen LogP) is 1.84. The standard InChI is InChI=1S/C12H15NO2/c1-3-13-12(14)9-6-10-4-7-11(15-2)8-5-10/h4-9H,3H2,1-2H3,(H,13,14)/b9-6+. The van der Waals surface area contributed by atoms with Gasteiger partial charge in [0, 0.05) is 12.6 Å². The fraction of sp³-hybridized carbons (Fsp3) is 0.250. The number of methoxy groups -OCH3 is 1. The average molecular weight is 205 g/mol. The molecule has 0 radical (unpaired) electrons. The Hall–Kier alpha value is -1.77. The van der Waals surface area contributed by atoms with E-state index in [0.717, 1.165) is 11.3 Å². The van der Waals surface area contributed by atoms with Crippen LogP contribution in [0.15, 0.2) is 30.3 Å². The van der Waals surface area contributed by atoms with Crippen molar-refractivity contribution in [3.05, 3.63) is 35.9 Å². The van der Waals surface area contributed by atoms with Crippen molar-refractivity contribution < 1.29 is 9.53 Å². The van der Waals surface area contributed by atoms with E-state index < -0.39 is 0 Å². The van der Waals surface area contributed by atoms with Crippen LogP contribution in [-0.4, -0.2) is 19.6 Å². The predicted molar refractivity (Wildman–Crippen MR) is 60.7 cm³/mol. The van der Waals surface area contributed by atoms with Gasteiger partial charge in [0.2, 0.25) is 5.91 Å². The van der Waals surface area contributed by atoms with E-state index in [1.807, 2.05) is 31.2 Å². The number of amides is 1. The molecule has 80 valence electrons. The molecule has 0 bridgehead atoms. The number of nitrogens with one attached hydrogen (secondary N) is 1. The highest BCUT2D eigenvalue weighted by Gasteiger charge is 1.92. The van der Waals surface area contributed by atoms with Crippen molar-refractivity contribution in [1.29, 1.82) is 0 Å². The van der Waals surface area contributed by atoms with Gasteiger partial charge in [-0.2, -0.15) is 0 Å². The number of rotatable bonds is 4. The first-order valence-electron chi connectivity index (χ1n) is 4.86. The molecule has 0 aliphatic rings. The molecule has 0 heterocycles. The largest absolute Gasteiger partial charge is 0.497 e. The van der Waals surface area contributed by atoms with Crippen LogP contribution in [-0.2, 0) is 4.79 Å². The molecule has 0 spiro atoms. The maximum atomic E-state index is 11.1. The van der Waals surface area contributed by atoms with Crippen LogP contribution in [0.2, 0.25) is 0 Å². The Morgan fingerprint density at radius 3 is 2.60 bits per heavy atom. The molecule has 0 aliphatic heterocycles. The Bertz CT molecular complexity index is 341. The number of hydrogen-bond donors (Lipinski definition) is 1. The van der Waals surface area contributed by atoms with E-state index in [2.05, 4.69) is 5.32 Å². The summed E-state index contributed by atoms with van der Waals surface area (Å²) in [7, 11) is 1.62. The molecule has 0 atom stereocenters. The first kappa shape index (κ1) is 11.3. The molecule has 1 aromatic carbocycles. The van der Waals surface area contributed by atoms with Gasteiger partial charge >= 0.3 is 0 Å². The average Bonchev–Trinajstić information content (AvgIpc) is 2.27. The van der Waals surface area contributed by atoms with Crippen molar-refractivity contribution in [2.24, 2.45) is 0 Å². The van der Waals surface area contributed by atoms with Crippen LogP contribution in [0.4, 0.5) is 0 Å². The van der Waals surface area contributed by atoms with Crippen LogP contribution < -0.4 is 10.1 Å². The fourth-order valence-electron chi connectivity index (χ4n) is 1.12. The lowest BCUT2D eigenvalue weighted by atomic mass is 10.2. The van der Waals surface area contributed by atoms with E-state index in [1.165, 1.54) is 6.08 Å². The van der Waals surface area contributed by atoms with Gasteiger partial charge in [-0.15, -0.1) is 0 Å². The second-order valence-corrected chi connectivity index (χ2v) is 3.00. The number of ether oxygens (including phenoxy) is 1. The summed E-state index contributed by atoms with van der Waals surface area (Å²) < 4.78 is 5.03. The summed E-state index contributed by atoms with van der Waals surface area (Å²) in [5.74, 6) is 0.735. The number of hydrogen-bond acceptors (Lipinski definition) is 2. The number of likely N-dealkylation sites (N-methyl/N-ethyl adjacent to an activating group) is 1. The minimum atomic E-state index is -0.0756. The molecule has 1 amide bonds. The van der Waals surface area contributed by atoms with Crippen LogP contribution in [0.1, 0.15) is 12.5 Å². The Kier molecular flexibility index (Phi) is 4.41. The molecule has 1 N–H and O–H groups in total. The molecule has 0 fully saturated rings. The molecule has 15 heavy (non-hydrogen) atoms. The van der Waals surface area contributed by atoms with Crippen molar-refractivity contribution in [1.82, 2.24) is 5.32 Å². The van der Waals surface area contributed by atoms with Gasteiger partial charge in [-0.25, -0.2) is 0 Å². The first-order chi connectivity index (χ1) is 7.26. The minimum absolute atomic E-state index is 0.0756. The number of carbonyl (C=O) groups is 1. The van der Waals surface area contributed by atoms with E-state index in [4.69, 9.17) is 4.74 Å². The van der Waals surface area contributed by atoms with E-state index in [1.54, 1.807) is 13.2 Å². The maximum Gasteiger partial charge on any atom is 0.243 e. The van der Waals surface area contributed by atoms with Crippen LogP contribution in [0.3, 0.4) is 0 Å². The molecule has 0 aliphatic carbocycles. The Morgan fingerprint density at radius 1 is 1.40 bits per heavy atom. The SMILES string of the molecule is CCNC(=O)/C=C/c1ccc(OC)cc1. The number of carbonyl (C=O) groups excluding carboxylic acids is 1. The molecule has 1 rings (SSSR count). The lowest BCUT2D eigenvalue weighted by Gasteiger charge is -1.99. The van der Waals surface area contributed by atoms with Crippen molar-refractivity contribution in [2.75, 3.05) is 13.7 Å². The van der Waals surface area contributed by atoms with Crippen molar-refractivity contribution in [3.8, 4) is 5.75 Å². The minimum Gasteiger partial charge on any atom is -0.497 e. The number of benzene rings is 1. The van der Waals surface area contributed by atoms with Gasteiger partial charge in [0.15, 0.2) is 0 Å². The zero-order valence-electron chi connectivity index (χ0n) is 8.99. The second kappa shape index (κ2) is 5.86. The topological polar surface area (TPSA) is 38.3 Å². The summed E-state index contributed by atoms with van der Waals surface area (Å²) in [6, 6.07) is 7.51. The highest BCUT2D eigenvalue weighted by atomic mass is 16.5. The summed E-state index contributed by atoms with van der Waals surface area (Å²) in [5, 5.41) is 2.69. The van der Waals surface area contributed by atoms with Crippen molar-refractivity contribution in [3.63, 3.8) is 0 Å². The monoisotopic (exact) mass is 205 g/mol. The third-order valence-electron chi connectivity index (χ3n) is 1.89. The van der Waals surface area contributed by atoms with Crippen LogP contribution in [0.25, 0.3) is 6.08 Å². The van der Waals surface area contributed by atoms with Crippen molar-refractivity contribution in [2.45, 2.75) is 6.92 Å². The van der Waals surface area contributed by atoms with E-state index in [0.29, 0.717) is 6.54 Å². The maximum absolute atomic E-state index is 11.1. The lowest BCUT2D eigenvalue weighted by molar-refractivity contribution is -0.116.